The first-order valence-corrected chi connectivity index (χ1v) is 9.56. The van der Waals surface area contributed by atoms with Gasteiger partial charge in [0.05, 0.1) is 7.11 Å². The van der Waals surface area contributed by atoms with Gasteiger partial charge in [0, 0.05) is 38.4 Å². The van der Waals surface area contributed by atoms with Crippen molar-refractivity contribution in [2.45, 2.75) is 38.6 Å². The molecule has 1 aromatic rings. The molecule has 0 saturated carbocycles. The van der Waals surface area contributed by atoms with Crippen LogP contribution in [0.5, 0.6) is 0 Å². The third-order valence-electron chi connectivity index (χ3n) is 5.46. The molecule has 0 N–H and O–H groups in total. The van der Waals surface area contributed by atoms with Crippen LogP contribution in [0.25, 0.3) is 0 Å². The van der Waals surface area contributed by atoms with Crippen LogP contribution in [0.2, 0.25) is 0 Å². The normalized spacial score (nSPS) is 21.3. The zero-order valence-corrected chi connectivity index (χ0v) is 15.8. The van der Waals surface area contributed by atoms with Crippen LogP contribution in [0.15, 0.2) is 24.3 Å². The van der Waals surface area contributed by atoms with Crippen molar-refractivity contribution in [1.82, 2.24) is 9.80 Å². The summed E-state index contributed by atoms with van der Waals surface area (Å²) in [5.74, 6) is 0.0710. The monoisotopic (exact) mass is 359 g/mol. The number of nitrogens with zero attached hydrogens (tertiary/aromatic N) is 3. The highest BCUT2D eigenvalue weighted by Gasteiger charge is 2.35. The summed E-state index contributed by atoms with van der Waals surface area (Å²) in [5, 5.41) is 0. The summed E-state index contributed by atoms with van der Waals surface area (Å²) in [5.41, 5.74) is 2.51. The molecule has 142 valence electrons. The maximum absolute atomic E-state index is 13.1. The van der Waals surface area contributed by atoms with Gasteiger partial charge in [-0.25, -0.2) is 4.79 Å². The van der Waals surface area contributed by atoms with Gasteiger partial charge in [0.15, 0.2) is 0 Å². The fraction of sp³-hybridized carbons (Fsp3) is 0.600. The predicted molar refractivity (Wildman–Crippen MR) is 101 cm³/mol. The molecule has 0 bridgehead atoms. The molecule has 0 spiro atoms. The number of anilines is 1. The molecule has 26 heavy (non-hydrogen) atoms. The maximum Gasteiger partial charge on any atom is 0.410 e. The lowest BCUT2D eigenvalue weighted by molar-refractivity contribution is -0.137. The van der Waals surface area contributed by atoms with Gasteiger partial charge in [-0.3, -0.25) is 9.69 Å². The lowest BCUT2D eigenvalue weighted by atomic mass is 10.0. The predicted octanol–water partition coefficient (Wildman–Crippen LogP) is 2.65. The van der Waals surface area contributed by atoms with Crippen molar-refractivity contribution in [3.63, 3.8) is 0 Å². The number of ether oxygens (including phenoxy) is 1. The second kappa shape index (κ2) is 8.43. The van der Waals surface area contributed by atoms with E-state index in [0.717, 1.165) is 45.3 Å². The highest BCUT2D eigenvalue weighted by Crippen LogP contribution is 2.23. The van der Waals surface area contributed by atoms with Gasteiger partial charge in [-0.2, -0.15) is 0 Å². The molecule has 0 aromatic heterocycles. The first-order valence-electron chi connectivity index (χ1n) is 9.56. The van der Waals surface area contributed by atoms with Gasteiger partial charge in [-0.05, 0) is 44.2 Å². The standard InChI is InChI=1S/C20H29N3O3/c1-16-8-3-4-9-17(16)21-11-7-12-22(15-14-21)19(24)18-10-5-6-13-23(18)20(25)26-2/h3-4,8-9,18H,5-7,10-15H2,1-2H3/t18-/m1/s1. The van der Waals surface area contributed by atoms with Crippen LogP contribution in [-0.2, 0) is 9.53 Å². The number of rotatable bonds is 2. The first kappa shape index (κ1) is 18.5. The largest absolute Gasteiger partial charge is 0.453 e. The molecule has 2 fully saturated rings. The fourth-order valence-corrected chi connectivity index (χ4v) is 4.03. The molecule has 0 unspecified atom stereocenters. The number of piperidine rings is 1. The molecule has 6 heteroatoms. The number of amides is 2. The Kier molecular flexibility index (Phi) is 6.01. The second-order valence-corrected chi connectivity index (χ2v) is 7.13. The molecule has 1 aromatic carbocycles. The van der Waals surface area contributed by atoms with Crippen LogP contribution in [0.3, 0.4) is 0 Å². The second-order valence-electron chi connectivity index (χ2n) is 7.13. The van der Waals surface area contributed by atoms with E-state index < -0.39 is 0 Å². The van der Waals surface area contributed by atoms with Crippen molar-refractivity contribution in [3.8, 4) is 0 Å². The minimum atomic E-state index is -0.389. The number of carbonyl (C=O) groups excluding carboxylic acids is 2. The summed E-state index contributed by atoms with van der Waals surface area (Å²) < 4.78 is 4.88. The van der Waals surface area contributed by atoms with Crippen LogP contribution in [-0.4, -0.2) is 67.7 Å². The highest BCUT2D eigenvalue weighted by atomic mass is 16.5. The Morgan fingerprint density at radius 1 is 1.00 bits per heavy atom. The Morgan fingerprint density at radius 3 is 2.58 bits per heavy atom. The Bertz CT molecular complexity index is 649. The Morgan fingerprint density at radius 2 is 1.81 bits per heavy atom. The summed E-state index contributed by atoms with van der Waals surface area (Å²) in [6.07, 6.45) is 3.18. The lowest BCUT2D eigenvalue weighted by Crippen LogP contribution is -2.53. The average molecular weight is 359 g/mol. The van der Waals surface area contributed by atoms with Crippen molar-refractivity contribution in [1.29, 1.82) is 0 Å². The molecule has 2 heterocycles. The number of carbonyl (C=O) groups is 2. The molecular formula is C20H29N3O3. The van der Waals surface area contributed by atoms with Crippen molar-refractivity contribution in [2.75, 3.05) is 44.7 Å². The van der Waals surface area contributed by atoms with E-state index >= 15 is 0 Å². The average Bonchev–Trinajstić information content (AvgIpc) is 2.93. The van der Waals surface area contributed by atoms with E-state index in [1.807, 2.05) is 4.90 Å². The van der Waals surface area contributed by atoms with E-state index in [-0.39, 0.29) is 18.0 Å². The molecule has 2 aliphatic heterocycles. The molecule has 2 saturated heterocycles. The van der Waals surface area contributed by atoms with Crippen molar-refractivity contribution < 1.29 is 14.3 Å². The molecule has 2 aliphatic rings. The molecule has 0 radical (unpaired) electrons. The number of methoxy groups -OCH3 is 1. The van der Waals surface area contributed by atoms with E-state index in [0.29, 0.717) is 13.1 Å². The van der Waals surface area contributed by atoms with E-state index in [2.05, 4.69) is 36.1 Å². The van der Waals surface area contributed by atoms with Gasteiger partial charge < -0.3 is 14.5 Å². The zero-order chi connectivity index (χ0) is 18.5. The number of likely N-dealkylation sites (tertiary alicyclic amines) is 1. The first-order chi connectivity index (χ1) is 12.6. The molecule has 1 atom stereocenters. The summed E-state index contributed by atoms with van der Waals surface area (Å²) in [6.45, 7) is 5.93. The van der Waals surface area contributed by atoms with Gasteiger partial charge in [-0.15, -0.1) is 0 Å². The Balaban J connectivity index is 1.67. The Hall–Kier alpha value is -2.24. The zero-order valence-electron chi connectivity index (χ0n) is 15.8. The number of para-hydroxylation sites is 1. The quantitative estimate of drug-likeness (QED) is 0.815. The smallest absolute Gasteiger partial charge is 0.410 e. The third-order valence-corrected chi connectivity index (χ3v) is 5.46. The topological polar surface area (TPSA) is 53.1 Å². The number of hydrogen-bond donors (Lipinski definition) is 0. The Labute approximate surface area is 155 Å². The van der Waals surface area contributed by atoms with Gasteiger partial charge in [0.25, 0.3) is 0 Å². The van der Waals surface area contributed by atoms with Crippen LogP contribution in [0.4, 0.5) is 10.5 Å². The van der Waals surface area contributed by atoms with E-state index in [4.69, 9.17) is 4.74 Å². The summed E-state index contributed by atoms with van der Waals surface area (Å²) in [7, 11) is 1.38. The van der Waals surface area contributed by atoms with E-state index in [9.17, 15) is 9.59 Å². The summed E-state index contributed by atoms with van der Waals surface area (Å²) in [6, 6.07) is 8.01. The molecule has 2 amide bonds. The van der Waals surface area contributed by atoms with Crippen molar-refractivity contribution in [3.05, 3.63) is 29.8 Å². The van der Waals surface area contributed by atoms with Crippen LogP contribution >= 0.6 is 0 Å². The van der Waals surface area contributed by atoms with Crippen molar-refractivity contribution in [2.24, 2.45) is 0 Å². The van der Waals surface area contributed by atoms with Crippen molar-refractivity contribution >= 4 is 17.7 Å². The minimum absolute atomic E-state index is 0.0710. The van der Waals surface area contributed by atoms with E-state index in [1.54, 1.807) is 4.90 Å². The maximum atomic E-state index is 13.1. The van der Waals surface area contributed by atoms with Gasteiger partial charge in [0.2, 0.25) is 5.91 Å². The number of benzene rings is 1. The number of aryl methyl sites for hydroxylation is 1. The summed E-state index contributed by atoms with van der Waals surface area (Å²) >= 11 is 0. The molecule has 0 aliphatic carbocycles. The molecular weight excluding hydrogens is 330 g/mol. The van der Waals surface area contributed by atoms with Gasteiger partial charge in [-0.1, -0.05) is 18.2 Å². The molecule has 6 nitrogen and oxygen atoms in total. The van der Waals surface area contributed by atoms with Crippen LogP contribution < -0.4 is 4.90 Å². The van der Waals surface area contributed by atoms with Gasteiger partial charge >= 0.3 is 6.09 Å². The number of hydrogen-bond acceptors (Lipinski definition) is 4. The minimum Gasteiger partial charge on any atom is -0.453 e. The van der Waals surface area contributed by atoms with E-state index in [1.165, 1.54) is 18.4 Å². The lowest BCUT2D eigenvalue weighted by Gasteiger charge is -2.36. The van der Waals surface area contributed by atoms with Crippen LogP contribution in [0.1, 0.15) is 31.2 Å². The fourth-order valence-electron chi connectivity index (χ4n) is 4.03. The highest BCUT2D eigenvalue weighted by molar-refractivity contribution is 5.86. The SMILES string of the molecule is COC(=O)N1CCCC[C@@H]1C(=O)N1CCCN(c2ccccc2C)CC1. The van der Waals surface area contributed by atoms with Gasteiger partial charge in [0.1, 0.15) is 6.04 Å². The molecule has 3 rings (SSSR count). The van der Waals surface area contributed by atoms with Crippen LogP contribution in [0, 0.1) is 6.92 Å². The third kappa shape index (κ3) is 3.94. The summed E-state index contributed by atoms with van der Waals surface area (Å²) in [4.78, 5) is 31.0.